The molecule has 1 heterocycles. The van der Waals surface area contributed by atoms with Gasteiger partial charge < -0.3 is 10.6 Å². The topological polar surface area (TPSA) is 41.1 Å². The van der Waals surface area contributed by atoms with E-state index in [2.05, 4.69) is 24.5 Å². The number of carbonyl (C=O) groups excluding carboxylic acids is 1. The number of nitrogens with one attached hydrogen (secondary N) is 2. The van der Waals surface area contributed by atoms with Gasteiger partial charge in [0, 0.05) is 18.3 Å². The van der Waals surface area contributed by atoms with Crippen molar-refractivity contribution in [2.45, 2.75) is 38.4 Å². The highest BCUT2D eigenvalue weighted by Gasteiger charge is 2.14. The van der Waals surface area contributed by atoms with Crippen LogP contribution in [0.5, 0.6) is 0 Å². The maximum absolute atomic E-state index is 11.4. The van der Waals surface area contributed by atoms with Gasteiger partial charge in [-0.1, -0.05) is 13.8 Å². The number of thioether (sulfide) groups is 1. The minimum Gasteiger partial charge on any atom is -0.355 e. The molecule has 1 amide bonds. The molecule has 2 N–H and O–H groups in total. The molecule has 94 valence electrons. The molecule has 1 fully saturated rings. The maximum Gasteiger partial charge on any atom is 0.233 e. The van der Waals surface area contributed by atoms with Crippen LogP contribution in [0.1, 0.15) is 33.1 Å². The van der Waals surface area contributed by atoms with Crippen molar-refractivity contribution in [1.29, 1.82) is 0 Å². The Bertz CT molecular complexity index is 203. The van der Waals surface area contributed by atoms with Crippen molar-refractivity contribution >= 4 is 17.7 Å². The maximum atomic E-state index is 11.4. The molecule has 1 atom stereocenters. The summed E-state index contributed by atoms with van der Waals surface area (Å²) in [4.78, 5) is 11.4. The highest BCUT2D eigenvalue weighted by molar-refractivity contribution is 8.00. The number of hydrogen-bond acceptors (Lipinski definition) is 3. The molecular formula is C12H24N2OS. The molecule has 0 saturated carbocycles. The van der Waals surface area contributed by atoms with Crippen LogP contribution in [0.25, 0.3) is 0 Å². The Morgan fingerprint density at radius 2 is 2.31 bits per heavy atom. The van der Waals surface area contributed by atoms with Gasteiger partial charge in [0.15, 0.2) is 0 Å². The van der Waals surface area contributed by atoms with Gasteiger partial charge in [-0.3, -0.25) is 4.79 Å². The first-order valence-electron chi connectivity index (χ1n) is 6.27. The van der Waals surface area contributed by atoms with Gasteiger partial charge in [0.2, 0.25) is 5.91 Å². The number of carbonyl (C=O) groups is 1. The van der Waals surface area contributed by atoms with Crippen molar-refractivity contribution < 1.29 is 4.79 Å². The Labute approximate surface area is 103 Å². The molecule has 16 heavy (non-hydrogen) atoms. The summed E-state index contributed by atoms with van der Waals surface area (Å²) in [6.45, 7) is 6.58. The molecule has 1 aliphatic rings. The van der Waals surface area contributed by atoms with Crippen molar-refractivity contribution in [3.63, 3.8) is 0 Å². The second-order valence-electron chi connectivity index (χ2n) is 4.80. The Morgan fingerprint density at radius 3 is 2.94 bits per heavy atom. The van der Waals surface area contributed by atoms with E-state index in [1.807, 2.05) is 11.8 Å². The molecule has 4 heteroatoms. The molecule has 0 aromatic carbocycles. The molecule has 1 saturated heterocycles. The summed E-state index contributed by atoms with van der Waals surface area (Å²) in [5, 5.41) is 6.89. The van der Waals surface area contributed by atoms with Crippen molar-refractivity contribution in [1.82, 2.24) is 10.6 Å². The van der Waals surface area contributed by atoms with Crippen LogP contribution in [0, 0.1) is 5.92 Å². The normalized spacial score (nSPS) is 20.3. The van der Waals surface area contributed by atoms with Crippen molar-refractivity contribution in [3.05, 3.63) is 0 Å². The molecule has 1 rings (SSSR count). The molecule has 0 aliphatic carbocycles. The van der Waals surface area contributed by atoms with E-state index in [4.69, 9.17) is 0 Å². The summed E-state index contributed by atoms with van der Waals surface area (Å²) in [5.41, 5.74) is 0. The van der Waals surface area contributed by atoms with Crippen LogP contribution in [0.2, 0.25) is 0 Å². The average molecular weight is 244 g/mol. The van der Waals surface area contributed by atoms with Crippen LogP contribution in [0.15, 0.2) is 0 Å². The van der Waals surface area contributed by atoms with Crippen LogP contribution in [0.3, 0.4) is 0 Å². The predicted molar refractivity (Wildman–Crippen MR) is 70.8 cm³/mol. The second kappa shape index (κ2) is 7.96. The fourth-order valence-corrected chi connectivity index (χ4v) is 2.95. The van der Waals surface area contributed by atoms with Crippen molar-refractivity contribution in [2.75, 3.05) is 25.4 Å². The minimum absolute atomic E-state index is 0.128. The van der Waals surface area contributed by atoms with E-state index < -0.39 is 0 Å². The summed E-state index contributed by atoms with van der Waals surface area (Å²) < 4.78 is 0. The molecular weight excluding hydrogens is 220 g/mol. The second-order valence-corrected chi connectivity index (χ2v) is 6.21. The highest BCUT2D eigenvalue weighted by atomic mass is 32.2. The summed E-state index contributed by atoms with van der Waals surface area (Å²) in [6, 6.07) is 0. The quantitative estimate of drug-likeness (QED) is 0.715. The Morgan fingerprint density at radius 1 is 1.50 bits per heavy atom. The predicted octanol–water partition coefficient (Wildman–Crippen LogP) is 1.63. The van der Waals surface area contributed by atoms with E-state index in [0.717, 1.165) is 24.8 Å². The Kier molecular flexibility index (Phi) is 6.88. The lowest BCUT2D eigenvalue weighted by molar-refractivity contribution is -0.120. The van der Waals surface area contributed by atoms with Gasteiger partial charge in [0.05, 0.1) is 6.54 Å². The van der Waals surface area contributed by atoms with Gasteiger partial charge in [-0.15, -0.1) is 0 Å². The molecule has 1 aliphatic heterocycles. The molecule has 0 radical (unpaired) electrons. The van der Waals surface area contributed by atoms with Crippen molar-refractivity contribution in [3.8, 4) is 0 Å². The standard InChI is InChI=1S/C12H24N2OS/c1-10(2)5-6-14-12(15)9-13-8-11-4-3-7-16-11/h10-11,13H,3-9H2,1-2H3,(H,14,15). The lowest BCUT2D eigenvalue weighted by atomic mass is 10.1. The monoisotopic (exact) mass is 244 g/mol. The smallest absolute Gasteiger partial charge is 0.233 e. The van der Waals surface area contributed by atoms with E-state index in [9.17, 15) is 4.79 Å². The van der Waals surface area contributed by atoms with E-state index in [0.29, 0.717) is 12.5 Å². The third kappa shape index (κ3) is 6.38. The van der Waals surface area contributed by atoms with Crippen molar-refractivity contribution in [2.24, 2.45) is 5.92 Å². The lowest BCUT2D eigenvalue weighted by Crippen LogP contribution is -2.36. The van der Waals surface area contributed by atoms with Gasteiger partial charge in [-0.2, -0.15) is 11.8 Å². The zero-order chi connectivity index (χ0) is 11.8. The van der Waals surface area contributed by atoms with Gasteiger partial charge in [0.25, 0.3) is 0 Å². The lowest BCUT2D eigenvalue weighted by Gasteiger charge is -2.10. The number of amides is 1. The number of rotatable bonds is 7. The van der Waals surface area contributed by atoms with Gasteiger partial charge in [0.1, 0.15) is 0 Å². The average Bonchev–Trinajstić information content (AvgIpc) is 2.70. The summed E-state index contributed by atoms with van der Waals surface area (Å²) in [6.07, 6.45) is 3.69. The van der Waals surface area contributed by atoms with Gasteiger partial charge in [-0.25, -0.2) is 0 Å². The zero-order valence-electron chi connectivity index (χ0n) is 10.4. The molecule has 0 spiro atoms. The fourth-order valence-electron chi connectivity index (χ4n) is 1.71. The van der Waals surface area contributed by atoms with Gasteiger partial charge in [-0.05, 0) is 30.9 Å². The molecule has 0 bridgehead atoms. The Hall–Kier alpha value is -0.220. The summed E-state index contributed by atoms with van der Waals surface area (Å²) in [7, 11) is 0. The van der Waals surface area contributed by atoms with Crippen LogP contribution in [-0.4, -0.2) is 36.5 Å². The molecule has 1 unspecified atom stereocenters. The summed E-state index contributed by atoms with van der Waals surface area (Å²) >= 11 is 2.02. The van der Waals surface area contributed by atoms with E-state index in [1.165, 1.54) is 18.6 Å². The first-order chi connectivity index (χ1) is 7.68. The largest absolute Gasteiger partial charge is 0.355 e. The number of hydrogen-bond donors (Lipinski definition) is 2. The fraction of sp³-hybridized carbons (Fsp3) is 0.917. The van der Waals surface area contributed by atoms with E-state index in [1.54, 1.807) is 0 Å². The van der Waals surface area contributed by atoms with Crippen LogP contribution in [0.4, 0.5) is 0 Å². The minimum atomic E-state index is 0.128. The summed E-state index contributed by atoms with van der Waals surface area (Å²) in [5.74, 6) is 2.07. The highest BCUT2D eigenvalue weighted by Crippen LogP contribution is 2.24. The Balaban J connectivity index is 1.93. The first-order valence-corrected chi connectivity index (χ1v) is 7.32. The zero-order valence-corrected chi connectivity index (χ0v) is 11.2. The molecule has 0 aromatic rings. The third-order valence-corrected chi connectivity index (χ3v) is 4.12. The van der Waals surface area contributed by atoms with Crippen LogP contribution >= 0.6 is 11.8 Å². The molecule has 0 aromatic heterocycles. The van der Waals surface area contributed by atoms with Crippen LogP contribution < -0.4 is 10.6 Å². The third-order valence-electron chi connectivity index (χ3n) is 2.73. The SMILES string of the molecule is CC(C)CCNC(=O)CNCC1CCCS1. The first kappa shape index (κ1) is 13.8. The van der Waals surface area contributed by atoms with Crippen LogP contribution in [-0.2, 0) is 4.79 Å². The van der Waals surface area contributed by atoms with E-state index >= 15 is 0 Å². The van der Waals surface area contributed by atoms with E-state index in [-0.39, 0.29) is 5.91 Å². The van der Waals surface area contributed by atoms with Gasteiger partial charge >= 0.3 is 0 Å². The molecule has 3 nitrogen and oxygen atoms in total.